The lowest BCUT2D eigenvalue weighted by molar-refractivity contribution is 0.186. The van der Waals surface area contributed by atoms with E-state index >= 15 is 0 Å². The molecule has 0 bridgehead atoms. The molecule has 0 fully saturated rings. The first kappa shape index (κ1) is 21.5. The lowest BCUT2D eigenvalue weighted by Crippen LogP contribution is -2.22. The molecule has 3 aromatic heterocycles. The Bertz CT molecular complexity index is 1350. The Morgan fingerprint density at radius 2 is 2.12 bits per heavy atom. The molecule has 9 heteroatoms. The van der Waals surface area contributed by atoms with Crippen molar-refractivity contribution in [3.8, 4) is 39.0 Å². The van der Waals surface area contributed by atoms with Crippen LogP contribution in [0.5, 0.6) is 5.75 Å². The van der Waals surface area contributed by atoms with E-state index in [0.717, 1.165) is 44.7 Å². The van der Waals surface area contributed by atoms with Crippen molar-refractivity contribution >= 4 is 11.3 Å². The van der Waals surface area contributed by atoms with Crippen molar-refractivity contribution in [2.24, 2.45) is 0 Å². The molecule has 0 radical (unpaired) electrons. The third-order valence-corrected chi connectivity index (χ3v) is 6.75. The van der Waals surface area contributed by atoms with Gasteiger partial charge in [0.1, 0.15) is 12.1 Å². The fraction of sp³-hybridized carbons (Fsp3) is 0.333. The standard InChI is InChI=1S/C24H25N5O3S/c1-15(2)29-22(25-14-26-29)23-27-21-18-13-16(6-7-19(18)32-11-8-20(21)33-23)17-5-4-9-28(24(17)30)10-12-31-3/h4-7,9,13-15H,8,10-12H2,1-3H3. The van der Waals surface area contributed by atoms with Gasteiger partial charge in [0, 0.05) is 48.3 Å². The molecule has 1 aliphatic heterocycles. The van der Waals surface area contributed by atoms with Crippen LogP contribution in [0.25, 0.3) is 33.2 Å². The first-order valence-electron chi connectivity index (χ1n) is 10.9. The highest BCUT2D eigenvalue weighted by Crippen LogP contribution is 2.41. The van der Waals surface area contributed by atoms with E-state index < -0.39 is 0 Å². The summed E-state index contributed by atoms with van der Waals surface area (Å²) in [5.74, 6) is 1.54. The fourth-order valence-electron chi connectivity index (χ4n) is 3.99. The molecule has 0 N–H and O–H groups in total. The molecular formula is C24H25N5O3S. The minimum Gasteiger partial charge on any atom is -0.493 e. The van der Waals surface area contributed by atoms with Crippen LogP contribution in [0, 0.1) is 0 Å². The van der Waals surface area contributed by atoms with Crippen LogP contribution in [0.1, 0.15) is 24.8 Å². The van der Waals surface area contributed by atoms with Crippen molar-refractivity contribution in [3.05, 3.63) is 58.1 Å². The van der Waals surface area contributed by atoms with Gasteiger partial charge in [0.15, 0.2) is 10.8 Å². The molecule has 0 spiro atoms. The van der Waals surface area contributed by atoms with Gasteiger partial charge in [0.05, 0.1) is 18.9 Å². The maximum atomic E-state index is 13.1. The topological polar surface area (TPSA) is 84.1 Å². The second-order valence-electron chi connectivity index (χ2n) is 8.14. The molecule has 4 heterocycles. The van der Waals surface area contributed by atoms with Crippen molar-refractivity contribution in [1.29, 1.82) is 0 Å². The van der Waals surface area contributed by atoms with Gasteiger partial charge in [-0.3, -0.25) is 4.79 Å². The molecule has 0 saturated heterocycles. The molecule has 1 aromatic carbocycles. The fourth-order valence-corrected chi connectivity index (χ4v) is 5.04. The van der Waals surface area contributed by atoms with E-state index in [0.29, 0.717) is 25.3 Å². The predicted octanol–water partition coefficient (Wildman–Crippen LogP) is 4.06. The number of hydrogen-bond donors (Lipinski definition) is 0. The third kappa shape index (κ3) is 3.98. The monoisotopic (exact) mass is 463 g/mol. The molecule has 4 aromatic rings. The largest absolute Gasteiger partial charge is 0.493 e. The number of aromatic nitrogens is 5. The lowest BCUT2D eigenvalue weighted by atomic mass is 10.0. The number of methoxy groups -OCH3 is 1. The molecule has 5 rings (SSSR count). The molecule has 8 nitrogen and oxygen atoms in total. The highest BCUT2D eigenvalue weighted by molar-refractivity contribution is 7.15. The summed E-state index contributed by atoms with van der Waals surface area (Å²) in [7, 11) is 1.63. The van der Waals surface area contributed by atoms with Crippen LogP contribution in [0.2, 0.25) is 0 Å². The number of rotatable bonds is 6. The van der Waals surface area contributed by atoms with E-state index in [2.05, 4.69) is 23.9 Å². The summed E-state index contributed by atoms with van der Waals surface area (Å²) in [4.78, 5) is 23.6. The number of ether oxygens (including phenoxy) is 2. The van der Waals surface area contributed by atoms with Gasteiger partial charge in [-0.05, 0) is 43.7 Å². The minimum absolute atomic E-state index is 0.0479. The summed E-state index contributed by atoms with van der Waals surface area (Å²) < 4.78 is 14.7. The summed E-state index contributed by atoms with van der Waals surface area (Å²) in [6.45, 7) is 5.71. The Balaban J connectivity index is 1.60. The van der Waals surface area contributed by atoms with Crippen LogP contribution >= 0.6 is 11.3 Å². The normalized spacial score (nSPS) is 12.8. The lowest BCUT2D eigenvalue weighted by Gasteiger charge is -2.11. The number of nitrogens with zero attached hydrogens (tertiary/aromatic N) is 5. The number of hydrogen-bond acceptors (Lipinski definition) is 7. The third-order valence-electron chi connectivity index (χ3n) is 5.64. The summed E-state index contributed by atoms with van der Waals surface area (Å²) in [6.07, 6.45) is 4.12. The van der Waals surface area contributed by atoms with E-state index in [1.54, 1.807) is 35.5 Å². The van der Waals surface area contributed by atoms with E-state index in [9.17, 15) is 4.79 Å². The van der Waals surface area contributed by atoms with E-state index in [1.807, 2.05) is 35.0 Å². The van der Waals surface area contributed by atoms with Gasteiger partial charge in [0.2, 0.25) is 0 Å². The van der Waals surface area contributed by atoms with Gasteiger partial charge < -0.3 is 14.0 Å². The van der Waals surface area contributed by atoms with Crippen molar-refractivity contribution in [3.63, 3.8) is 0 Å². The highest BCUT2D eigenvalue weighted by Gasteiger charge is 2.24. The molecule has 0 saturated carbocycles. The first-order chi connectivity index (χ1) is 16.1. The Morgan fingerprint density at radius 3 is 2.94 bits per heavy atom. The summed E-state index contributed by atoms with van der Waals surface area (Å²) in [5, 5.41) is 5.19. The Labute approximate surface area is 195 Å². The van der Waals surface area contributed by atoms with Crippen LogP contribution in [0.4, 0.5) is 0 Å². The zero-order valence-electron chi connectivity index (χ0n) is 18.8. The summed E-state index contributed by atoms with van der Waals surface area (Å²) in [6, 6.07) is 9.80. The Kier molecular flexibility index (Phi) is 5.82. The van der Waals surface area contributed by atoms with Gasteiger partial charge in [0.25, 0.3) is 5.56 Å². The van der Waals surface area contributed by atoms with Crippen molar-refractivity contribution < 1.29 is 9.47 Å². The van der Waals surface area contributed by atoms with Crippen LogP contribution in [0.3, 0.4) is 0 Å². The molecule has 33 heavy (non-hydrogen) atoms. The van der Waals surface area contributed by atoms with Gasteiger partial charge in [-0.1, -0.05) is 6.07 Å². The molecule has 1 aliphatic rings. The SMILES string of the molecule is COCCn1cccc(-c2ccc3c(c2)-c2nc(-c4ncnn4C(C)C)sc2CCO3)c1=O. The van der Waals surface area contributed by atoms with Crippen LogP contribution in [-0.4, -0.2) is 44.6 Å². The molecule has 0 amide bonds. The average Bonchev–Trinajstić information content (AvgIpc) is 3.43. The minimum atomic E-state index is -0.0479. The Hall–Kier alpha value is -3.30. The highest BCUT2D eigenvalue weighted by atomic mass is 32.1. The molecule has 0 atom stereocenters. The predicted molar refractivity (Wildman–Crippen MR) is 128 cm³/mol. The second kappa shape index (κ2) is 8.92. The van der Waals surface area contributed by atoms with Gasteiger partial charge >= 0.3 is 0 Å². The maximum absolute atomic E-state index is 13.1. The van der Waals surface area contributed by atoms with Gasteiger partial charge in [-0.15, -0.1) is 11.3 Å². The second-order valence-corrected chi connectivity index (χ2v) is 9.22. The molecule has 170 valence electrons. The van der Waals surface area contributed by atoms with Crippen molar-refractivity contribution in [2.45, 2.75) is 32.9 Å². The van der Waals surface area contributed by atoms with Crippen LogP contribution < -0.4 is 10.3 Å². The zero-order chi connectivity index (χ0) is 22.9. The van der Waals surface area contributed by atoms with E-state index in [-0.39, 0.29) is 11.6 Å². The molecule has 0 aliphatic carbocycles. The molecule has 0 unspecified atom stereocenters. The smallest absolute Gasteiger partial charge is 0.258 e. The van der Waals surface area contributed by atoms with Crippen molar-refractivity contribution in [1.82, 2.24) is 24.3 Å². The number of fused-ring (bicyclic) bond motifs is 3. The summed E-state index contributed by atoms with van der Waals surface area (Å²) in [5.41, 5.74) is 3.20. The Morgan fingerprint density at radius 1 is 1.24 bits per heavy atom. The maximum Gasteiger partial charge on any atom is 0.258 e. The number of thiazole rings is 1. The number of pyridine rings is 1. The number of benzene rings is 1. The van der Waals surface area contributed by atoms with Crippen molar-refractivity contribution in [2.75, 3.05) is 20.3 Å². The zero-order valence-corrected chi connectivity index (χ0v) is 19.6. The van der Waals surface area contributed by atoms with Crippen LogP contribution in [0.15, 0.2) is 47.7 Å². The van der Waals surface area contributed by atoms with Gasteiger partial charge in [-0.2, -0.15) is 5.10 Å². The van der Waals surface area contributed by atoms with E-state index in [4.69, 9.17) is 14.5 Å². The van der Waals surface area contributed by atoms with Crippen LogP contribution in [-0.2, 0) is 17.7 Å². The quantitative estimate of drug-likeness (QED) is 0.429. The summed E-state index contributed by atoms with van der Waals surface area (Å²) >= 11 is 1.62. The molecular weight excluding hydrogens is 438 g/mol. The van der Waals surface area contributed by atoms with Gasteiger partial charge in [-0.25, -0.2) is 14.6 Å². The van der Waals surface area contributed by atoms with E-state index in [1.165, 1.54) is 0 Å². The average molecular weight is 464 g/mol. The first-order valence-corrected chi connectivity index (χ1v) is 11.7.